The topological polar surface area (TPSA) is 146 Å². The van der Waals surface area contributed by atoms with Crippen LogP contribution in [0.3, 0.4) is 0 Å². The largest absolute Gasteiger partial charge is 0.370 e. The van der Waals surface area contributed by atoms with Gasteiger partial charge in [-0.25, -0.2) is 4.99 Å². The maximum Gasteiger partial charge on any atom is 0.271 e. The summed E-state index contributed by atoms with van der Waals surface area (Å²) in [6.45, 7) is 0. The van der Waals surface area contributed by atoms with Crippen LogP contribution in [0, 0.1) is 10.1 Å². The Morgan fingerprint density at radius 1 is 1.35 bits per heavy atom. The Labute approximate surface area is 104 Å². The van der Waals surface area contributed by atoms with Crippen molar-refractivity contribution in [1.29, 1.82) is 0 Å². The van der Waals surface area contributed by atoms with Crippen LogP contribution in [0.4, 0.5) is 11.4 Å². The van der Waals surface area contributed by atoms with E-state index in [-0.39, 0.29) is 23.3 Å². The van der Waals surface area contributed by atoms with Gasteiger partial charge in [0.1, 0.15) is 0 Å². The number of nitro groups is 1. The Bertz CT molecular complexity index is 509. The van der Waals surface area contributed by atoms with Gasteiger partial charge in [0.25, 0.3) is 5.69 Å². The van der Waals surface area contributed by atoms with E-state index in [9.17, 15) is 10.1 Å². The molecule has 0 aliphatic carbocycles. The predicted molar refractivity (Wildman–Crippen MR) is 67.9 cm³/mol. The highest BCUT2D eigenvalue weighted by atomic mass is 79.9. The molecule has 90 valence electrons. The summed E-state index contributed by atoms with van der Waals surface area (Å²) < 4.78 is 0.539. The minimum atomic E-state index is -0.539. The standard InChI is InChI=1S/C8H9BrN6O2/c9-5-2-1-4(15(16)17)3-6(5)13-8(12)14-7(10)11/h1-3H,(H6,10,11,12,13,14). The van der Waals surface area contributed by atoms with E-state index in [1.807, 2.05) is 0 Å². The van der Waals surface area contributed by atoms with Gasteiger partial charge in [-0.15, -0.1) is 0 Å². The summed E-state index contributed by atoms with van der Waals surface area (Å²) in [5, 5.41) is 10.6. The van der Waals surface area contributed by atoms with Crippen LogP contribution in [0.2, 0.25) is 0 Å². The zero-order valence-electron chi connectivity index (χ0n) is 8.50. The molecule has 1 aromatic carbocycles. The molecule has 0 fully saturated rings. The molecule has 17 heavy (non-hydrogen) atoms. The number of halogens is 1. The van der Waals surface area contributed by atoms with Crippen molar-refractivity contribution < 1.29 is 4.92 Å². The molecule has 8 nitrogen and oxygen atoms in total. The van der Waals surface area contributed by atoms with Gasteiger partial charge in [-0.05, 0) is 22.0 Å². The fourth-order valence-electron chi connectivity index (χ4n) is 0.981. The highest BCUT2D eigenvalue weighted by molar-refractivity contribution is 9.10. The van der Waals surface area contributed by atoms with Gasteiger partial charge in [0.05, 0.1) is 10.6 Å². The zero-order chi connectivity index (χ0) is 13.0. The third-order valence-electron chi connectivity index (χ3n) is 1.62. The molecule has 0 atom stereocenters. The number of non-ortho nitro benzene ring substituents is 1. The van der Waals surface area contributed by atoms with Crippen LogP contribution in [0.25, 0.3) is 0 Å². The number of aliphatic imine (C=N–C) groups is 2. The van der Waals surface area contributed by atoms with Gasteiger partial charge in [-0.1, -0.05) is 0 Å². The molecule has 1 aromatic rings. The van der Waals surface area contributed by atoms with Gasteiger partial charge < -0.3 is 17.2 Å². The molecular weight excluding hydrogens is 292 g/mol. The summed E-state index contributed by atoms with van der Waals surface area (Å²) in [6, 6.07) is 4.07. The van der Waals surface area contributed by atoms with Crippen LogP contribution in [0.15, 0.2) is 32.7 Å². The second-order valence-corrected chi connectivity index (χ2v) is 3.75. The Hall–Kier alpha value is -2.16. The monoisotopic (exact) mass is 300 g/mol. The Kier molecular flexibility index (Phi) is 3.99. The Morgan fingerprint density at radius 2 is 2.00 bits per heavy atom. The number of hydrogen-bond acceptors (Lipinski definition) is 3. The Morgan fingerprint density at radius 3 is 2.53 bits per heavy atom. The van der Waals surface area contributed by atoms with Crippen LogP contribution < -0.4 is 17.2 Å². The van der Waals surface area contributed by atoms with E-state index < -0.39 is 4.92 Å². The third-order valence-corrected chi connectivity index (χ3v) is 2.29. The van der Waals surface area contributed by atoms with E-state index in [0.29, 0.717) is 4.47 Å². The van der Waals surface area contributed by atoms with Crippen LogP contribution in [0.1, 0.15) is 0 Å². The first kappa shape index (κ1) is 12.9. The average Bonchev–Trinajstić information content (AvgIpc) is 2.19. The molecule has 0 spiro atoms. The van der Waals surface area contributed by atoms with Gasteiger partial charge >= 0.3 is 0 Å². The maximum atomic E-state index is 10.6. The van der Waals surface area contributed by atoms with Gasteiger partial charge in [0, 0.05) is 16.6 Å². The molecule has 0 aliphatic rings. The number of hydrogen-bond donors (Lipinski definition) is 3. The predicted octanol–water partition coefficient (Wildman–Crippen LogP) is 0.577. The molecule has 6 N–H and O–H groups in total. The summed E-state index contributed by atoms with van der Waals surface area (Å²) in [7, 11) is 0. The molecule has 0 aliphatic heterocycles. The number of nitro benzene ring substituents is 1. The maximum absolute atomic E-state index is 10.6. The first-order chi connectivity index (χ1) is 7.90. The highest BCUT2D eigenvalue weighted by Gasteiger charge is 2.09. The summed E-state index contributed by atoms with van der Waals surface area (Å²) in [6.07, 6.45) is 0. The SMILES string of the molecule is NC(N)=NC(N)=Nc1cc([N+](=O)[O-])ccc1Br. The van der Waals surface area contributed by atoms with E-state index in [1.165, 1.54) is 18.2 Å². The van der Waals surface area contributed by atoms with Gasteiger partial charge in [0.15, 0.2) is 5.96 Å². The summed E-state index contributed by atoms with van der Waals surface area (Å²) in [5.74, 6) is -0.431. The highest BCUT2D eigenvalue weighted by Crippen LogP contribution is 2.29. The van der Waals surface area contributed by atoms with Crippen molar-refractivity contribution in [3.05, 3.63) is 32.8 Å². The van der Waals surface area contributed by atoms with Crippen LogP contribution in [-0.4, -0.2) is 16.8 Å². The molecular formula is C8H9BrN6O2. The lowest BCUT2D eigenvalue weighted by Crippen LogP contribution is -2.26. The lowest BCUT2D eigenvalue weighted by molar-refractivity contribution is -0.384. The molecule has 0 saturated heterocycles. The van der Waals surface area contributed by atoms with Crippen molar-refractivity contribution in [3.8, 4) is 0 Å². The minimum Gasteiger partial charge on any atom is -0.370 e. The minimum absolute atomic E-state index is 0.107. The molecule has 0 saturated carbocycles. The van der Waals surface area contributed by atoms with Crippen molar-refractivity contribution >= 4 is 39.2 Å². The summed E-state index contributed by atoms with van der Waals surface area (Å²) >= 11 is 3.18. The number of guanidine groups is 2. The van der Waals surface area contributed by atoms with Gasteiger partial charge in [-0.3, -0.25) is 10.1 Å². The molecule has 0 radical (unpaired) electrons. The van der Waals surface area contributed by atoms with Gasteiger partial charge in [-0.2, -0.15) is 4.99 Å². The van der Waals surface area contributed by atoms with Gasteiger partial charge in [0.2, 0.25) is 5.96 Å². The van der Waals surface area contributed by atoms with E-state index in [0.717, 1.165) is 0 Å². The molecule has 1 rings (SSSR count). The van der Waals surface area contributed by atoms with Crippen molar-refractivity contribution in [2.45, 2.75) is 0 Å². The third kappa shape index (κ3) is 3.72. The fourth-order valence-corrected chi connectivity index (χ4v) is 1.32. The fraction of sp³-hybridized carbons (Fsp3) is 0. The summed E-state index contributed by atoms with van der Waals surface area (Å²) in [4.78, 5) is 17.4. The van der Waals surface area contributed by atoms with E-state index in [4.69, 9.17) is 17.2 Å². The second kappa shape index (κ2) is 5.25. The molecule has 0 bridgehead atoms. The number of nitrogens with zero attached hydrogens (tertiary/aromatic N) is 3. The number of rotatable bonds is 2. The van der Waals surface area contributed by atoms with Crippen LogP contribution in [0.5, 0.6) is 0 Å². The molecule has 9 heteroatoms. The number of nitrogens with two attached hydrogens (primary N) is 3. The van der Waals surface area contributed by atoms with Crippen molar-refractivity contribution in [2.24, 2.45) is 27.2 Å². The van der Waals surface area contributed by atoms with Crippen molar-refractivity contribution in [1.82, 2.24) is 0 Å². The molecule has 0 unspecified atom stereocenters. The zero-order valence-corrected chi connectivity index (χ0v) is 10.1. The van der Waals surface area contributed by atoms with E-state index >= 15 is 0 Å². The van der Waals surface area contributed by atoms with Crippen molar-refractivity contribution in [3.63, 3.8) is 0 Å². The molecule has 0 heterocycles. The first-order valence-corrected chi connectivity index (χ1v) is 5.07. The van der Waals surface area contributed by atoms with Crippen molar-refractivity contribution in [2.75, 3.05) is 0 Å². The van der Waals surface area contributed by atoms with Crippen LogP contribution >= 0.6 is 15.9 Å². The normalized spacial score (nSPS) is 11.0. The smallest absolute Gasteiger partial charge is 0.271 e. The average molecular weight is 301 g/mol. The summed E-state index contributed by atoms with van der Waals surface area (Å²) in [5.41, 5.74) is 15.8. The van der Waals surface area contributed by atoms with E-state index in [2.05, 4.69) is 25.9 Å². The molecule has 0 amide bonds. The van der Waals surface area contributed by atoms with Crippen LogP contribution in [-0.2, 0) is 0 Å². The lowest BCUT2D eigenvalue weighted by atomic mass is 10.3. The number of benzene rings is 1. The van der Waals surface area contributed by atoms with E-state index in [1.54, 1.807) is 0 Å². The molecule has 0 aromatic heterocycles. The lowest BCUT2D eigenvalue weighted by Gasteiger charge is -1.99. The Balaban J connectivity index is 3.18. The second-order valence-electron chi connectivity index (χ2n) is 2.90. The first-order valence-electron chi connectivity index (χ1n) is 4.28. The quantitative estimate of drug-likeness (QED) is 0.316.